The third kappa shape index (κ3) is 5.32. The monoisotopic (exact) mass is 279 g/mol. The number of sulfonamides is 1. The van der Waals surface area contributed by atoms with Gasteiger partial charge in [-0.3, -0.25) is 4.79 Å². The van der Waals surface area contributed by atoms with Crippen molar-refractivity contribution in [2.75, 3.05) is 32.1 Å². The van der Waals surface area contributed by atoms with Gasteiger partial charge >= 0.3 is 5.97 Å². The van der Waals surface area contributed by atoms with Crippen LogP contribution in [0.15, 0.2) is 0 Å². The molecule has 0 atom stereocenters. The van der Waals surface area contributed by atoms with E-state index < -0.39 is 21.6 Å². The zero-order valence-corrected chi connectivity index (χ0v) is 12.0. The second-order valence-corrected chi connectivity index (χ2v) is 7.25. The van der Waals surface area contributed by atoms with Crippen LogP contribution in [0.2, 0.25) is 0 Å². The van der Waals surface area contributed by atoms with Crippen molar-refractivity contribution >= 4 is 16.0 Å². The second kappa shape index (κ2) is 5.99. The molecule has 0 saturated carbocycles. The van der Waals surface area contributed by atoms with Crippen molar-refractivity contribution in [2.24, 2.45) is 0 Å². The summed E-state index contributed by atoms with van der Waals surface area (Å²) in [6.07, 6.45) is -0.114. The minimum atomic E-state index is -3.38. The topological polar surface area (TPSA) is 72.9 Å². The molecular weight excluding hydrogens is 258 g/mol. The van der Waals surface area contributed by atoms with Crippen LogP contribution in [-0.4, -0.2) is 56.3 Å². The SMILES string of the molecule is CC(C)(C)OC(=O)CCS(=O)(=O)N1CCOCC1. The van der Waals surface area contributed by atoms with Crippen LogP contribution in [0.5, 0.6) is 0 Å². The molecule has 0 aromatic carbocycles. The van der Waals surface area contributed by atoms with Gasteiger partial charge in [0.1, 0.15) is 5.60 Å². The molecule has 1 fully saturated rings. The van der Waals surface area contributed by atoms with E-state index in [0.717, 1.165) is 0 Å². The summed E-state index contributed by atoms with van der Waals surface area (Å²) in [6.45, 7) is 6.79. The molecule has 0 amide bonds. The minimum absolute atomic E-state index is 0.114. The van der Waals surface area contributed by atoms with Gasteiger partial charge in [-0.2, -0.15) is 4.31 Å². The third-order valence-corrected chi connectivity index (χ3v) is 4.22. The number of carbonyl (C=O) groups is 1. The van der Waals surface area contributed by atoms with E-state index in [0.29, 0.717) is 26.3 Å². The summed E-state index contributed by atoms with van der Waals surface area (Å²) < 4.78 is 35.4. The number of ether oxygens (including phenoxy) is 2. The number of rotatable bonds is 4. The van der Waals surface area contributed by atoms with Gasteiger partial charge in [-0.1, -0.05) is 0 Å². The Bertz CT molecular complexity index is 379. The predicted octanol–water partition coefficient (Wildman–Crippen LogP) is 0.380. The van der Waals surface area contributed by atoms with E-state index in [1.165, 1.54) is 4.31 Å². The first kappa shape index (κ1) is 15.4. The molecule has 6 nitrogen and oxygen atoms in total. The van der Waals surface area contributed by atoms with Crippen molar-refractivity contribution in [2.45, 2.75) is 32.8 Å². The highest BCUT2D eigenvalue weighted by Crippen LogP contribution is 2.11. The lowest BCUT2D eigenvalue weighted by Gasteiger charge is -2.26. The van der Waals surface area contributed by atoms with Crippen LogP contribution in [0.3, 0.4) is 0 Å². The number of esters is 1. The molecule has 0 bridgehead atoms. The lowest BCUT2D eigenvalue weighted by molar-refractivity contribution is -0.154. The van der Waals surface area contributed by atoms with E-state index in [2.05, 4.69) is 0 Å². The zero-order chi connectivity index (χ0) is 13.8. The third-order valence-electron chi connectivity index (χ3n) is 2.35. The molecule has 0 N–H and O–H groups in total. The highest BCUT2D eigenvalue weighted by atomic mass is 32.2. The maximum atomic E-state index is 11.9. The van der Waals surface area contributed by atoms with E-state index in [-0.39, 0.29) is 12.2 Å². The molecule has 0 unspecified atom stereocenters. The van der Waals surface area contributed by atoms with Crippen molar-refractivity contribution in [3.63, 3.8) is 0 Å². The van der Waals surface area contributed by atoms with Gasteiger partial charge in [0.2, 0.25) is 10.0 Å². The minimum Gasteiger partial charge on any atom is -0.460 e. The summed E-state index contributed by atoms with van der Waals surface area (Å²) in [5, 5.41) is 0. The first-order valence-corrected chi connectivity index (χ1v) is 7.59. The lowest BCUT2D eigenvalue weighted by Crippen LogP contribution is -2.42. The van der Waals surface area contributed by atoms with Crippen LogP contribution >= 0.6 is 0 Å². The van der Waals surface area contributed by atoms with Crippen LogP contribution in [0.25, 0.3) is 0 Å². The highest BCUT2D eigenvalue weighted by Gasteiger charge is 2.26. The molecule has 0 aromatic heterocycles. The maximum absolute atomic E-state index is 11.9. The van der Waals surface area contributed by atoms with Crippen molar-refractivity contribution in [3.8, 4) is 0 Å². The number of hydrogen-bond donors (Lipinski definition) is 0. The lowest BCUT2D eigenvalue weighted by atomic mass is 10.2. The molecule has 18 heavy (non-hydrogen) atoms. The summed E-state index contributed by atoms with van der Waals surface area (Å²) in [5.41, 5.74) is -0.584. The maximum Gasteiger partial charge on any atom is 0.307 e. The molecule has 0 aliphatic carbocycles. The largest absolute Gasteiger partial charge is 0.460 e. The highest BCUT2D eigenvalue weighted by molar-refractivity contribution is 7.89. The summed E-state index contributed by atoms with van der Waals surface area (Å²) >= 11 is 0. The van der Waals surface area contributed by atoms with Gasteiger partial charge in [-0.25, -0.2) is 8.42 Å². The molecule has 0 aromatic rings. The Morgan fingerprint density at radius 3 is 2.33 bits per heavy atom. The normalized spacial score (nSPS) is 18.6. The van der Waals surface area contributed by atoms with Crippen LogP contribution in [0, 0.1) is 0 Å². The van der Waals surface area contributed by atoms with E-state index in [9.17, 15) is 13.2 Å². The molecule has 1 rings (SSSR count). The fourth-order valence-corrected chi connectivity index (χ4v) is 2.95. The van der Waals surface area contributed by atoms with Gasteiger partial charge in [0.15, 0.2) is 0 Å². The zero-order valence-electron chi connectivity index (χ0n) is 11.1. The van der Waals surface area contributed by atoms with Gasteiger partial charge in [-0.15, -0.1) is 0 Å². The van der Waals surface area contributed by atoms with Crippen LogP contribution in [0.1, 0.15) is 27.2 Å². The first-order chi connectivity index (χ1) is 8.21. The molecule has 0 spiro atoms. The number of morpholine rings is 1. The number of hydrogen-bond acceptors (Lipinski definition) is 5. The van der Waals surface area contributed by atoms with Crippen LogP contribution in [0.4, 0.5) is 0 Å². The average molecular weight is 279 g/mol. The molecule has 0 radical (unpaired) electrons. The summed E-state index contributed by atoms with van der Waals surface area (Å²) in [4.78, 5) is 11.5. The Morgan fingerprint density at radius 1 is 1.28 bits per heavy atom. The Labute approximate surface area is 108 Å². The van der Waals surface area contributed by atoms with Gasteiger partial charge in [-0.05, 0) is 20.8 Å². The van der Waals surface area contributed by atoms with Crippen molar-refractivity contribution < 1.29 is 22.7 Å². The molecular formula is C11H21NO5S. The second-order valence-electron chi connectivity index (χ2n) is 5.16. The van der Waals surface area contributed by atoms with Gasteiger partial charge < -0.3 is 9.47 Å². The van der Waals surface area contributed by atoms with Gasteiger partial charge in [0.25, 0.3) is 0 Å². The molecule has 1 aliphatic heterocycles. The molecule has 1 saturated heterocycles. The first-order valence-electron chi connectivity index (χ1n) is 5.98. The predicted molar refractivity (Wildman–Crippen MR) is 66.6 cm³/mol. The summed E-state index contributed by atoms with van der Waals surface area (Å²) in [5.74, 6) is -0.693. The van der Waals surface area contributed by atoms with Gasteiger partial charge in [0, 0.05) is 13.1 Å². The van der Waals surface area contributed by atoms with E-state index in [4.69, 9.17) is 9.47 Å². The van der Waals surface area contributed by atoms with Crippen LogP contribution in [-0.2, 0) is 24.3 Å². The van der Waals surface area contributed by atoms with Crippen LogP contribution < -0.4 is 0 Å². The number of carbonyl (C=O) groups excluding carboxylic acids is 1. The quantitative estimate of drug-likeness (QED) is 0.696. The fraction of sp³-hybridized carbons (Fsp3) is 0.909. The van der Waals surface area contributed by atoms with Crippen molar-refractivity contribution in [3.05, 3.63) is 0 Å². The Morgan fingerprint density at radius 2 is 1.83 bits per heavy atom. The Hall–Kier alpha value is -0.660. The van der Waals surface area contributed by atoms with E-state index in [1.807, 2.05) is 0 Å². The molecule has 1 heterocycles. The summed E-state index contributed by atoms with van der Waals surface area (Å²) in [7, 11) is -3.38. The van der Waals surface area contributed by atoms with E-state index >= 15 is 0 Å². The van der Waals surface area contributed by atoms with Gasteiger partial charge in [0.05, 0.1) is 25.4 Å². The summed E-state index contributed by atoms with van der Waals surface area (Å²) in [6, 6.07) is 0. The Balaban J connectivity index is 2.44. The smallest absolute Gasteiger partial charge is 0.307 e. The average Bonchev–Trinajstić information content (AvgIpc) is 2.26. The standard InChI is InChI=1S/C11H21NO5S/c1-11(2,3)17-10(13)4-9-18(14,15)12-5-7-16-8-6-12/h4-9H2,1-3H3. The van der Waals surface area contributed by atoms with E-state index in [1.54, 1.807) is 20.8 Å². The molecule has 106 valence electrons. The molecule has 1 aliphatic rings. The van der Waals surface area contributed by atoms with Crippen molar-refractivity contribution in [1.82, 2.24) is 4.31 Å². The Kier molecular flexibility index (Phi) is 5.12. The van der Waals surface area contributed by atoms with Crippen molar-refractivity contribution in [1.29, 1.82) is 0 Å². The number of nitrogens with zero attached hydrogens (tertiary/aromatic N) is 1. The fourth-order valence-electron chi connectivity index (χ4n) is 1.56. The molecule has 7 heteroatoms.